The predicted octanol–water partition coefficient (Wildman–Crippen LogP) is -8.32. The van der Waals surface area contributed by atoms with Crippen LogP contribution >= 0.6 is 0 Å². The molecule has 0 bridgehead atoms. The first-order valence-corrected chi connectivity index (χ1v) is 24.8. The first kappa shape index (κ1) is 64.9. The average Bonchev–Trinajstić information content (AvgIpc) is 4.25. The van der Waals surface area contributed by atoms with Gasteiger partial charge < -0.3 is 89.4 Å². The molecule has 3 aromatic heterocycles. The van der Waals surface area contributed by atoms with Crippen LogP contribution in [0.25, 0.3) is 0 Å². The summed E-state index contributed by atoms with van der Waals surface area (Å²) in [6.45, 7) is 1.70. The first-order valence-electron chi connectivity index (χ1n) is 24.8. The lowest BCUT2D eigenvalue weighted by Gasteiger charge is -2.25. The third-order valence-electron chi connectivity index (χ3n) is 11.4. The van der Waals surface area contributed by atoms with Crippen molar-refractivity contribution in [1.29, 1.82) is 0 Å². The number of aliphatic carboxylic acids is 1. The molecule has 7 atom stereocenters. The van der Waals surface area contributed by atoms with Crippen molar-refractivity contribution in [1.82, 2.24) is 94.1 Å². The highest BCUT2D eigenvalue weighted by atomic mass is 16.4. The molecule has 0 saturated heterocycles. The number of aromatic amines is 3. The Morgan fingerprint density at radius 3 is 1.20 bits per heavy atom. The SMILES string of the molecule is CC(C)[C@H](NC(=O)C[NH])C(=O)N[C@@H](CO)C(=O)NCC(=O)N[C@@H](Cc1cnc[nH]1)C(=O)NCC(=O)N[C@@H](CCC(N)=O)C(=O)N[C@@H](Cc1cnc[nH]1)C(=O)NCC(=O)N[C@H](C(=O)N[C@@H](Cc1cnc[nH]1)C(=O)NCC(=O)O)C(C)C. The smallest absolute Gasteiger partial charge is 0.322 e. The Hall–Kier alpha value is -9.34. The second-order valence-electron chi connectivity index (χ2n) is 18.5. The second-order valence-corrected chi connectivity index (χ2v) is 18.5. The number of rotatable bonds is 35. The molecule has 12 amide bonds. The Kier molecular flexibility index (Phi) is 26.8. The van der Waals surface area contributed by atoms with Crippen molar-refractivity contribution < 1.29 is 72.5 Å². The molecule has 0 fully saturated rings. The van der Waals surface area contributed by atoms with Crippen molar-refractivity contribution >= 4 is 76.9 Å². The van der Waals surface area contributed by atoms with Crippen LogP contribution in [0.15, 0.2) is 37.6 Å². The number of nitrogens with one attached hydrogen (secondary N) is 15. The molecule has 0 aliphatic heterocycles. The maximum Gasteiger partial charge on any atom is 0.322 e. The third kappa shape index (κ3) is 23.1. The lowest BCUT2D eigenvalue weighted by molar-refractivity contribution is -0.138. The number of amides is 12. The lowest BCUT2D eigenvalue weighted by atomic mass is 10.0. The zero-order valence-corrected chi connectivity index (χ0v) is 44.1. The van der Waals surface area contributed by atoms with Crippen LogP contribution in [0.4, 0.5) is 0 Å². The summed E-state index contributed by atoms with van der Waals surface area (Å²) in [7, 11) is 0. The standard InChI is InChI=1S/C46H68N19O15/c1-22(2)38(64-33(68)10-47)46(80)63-31(18-66)43(77)54-15-35(70)60-28(7-24-11-49-19-56-24)40(74)52-14-34(69)59-27(5-6-32(48)67)44(78)61-29(8-25-12-50-20-57-25)41(75)53-16-36(71)65-39(23(3)4)45(79)62-30(9-26-13-51-21-58-26)42(76)55-17-37(72)73/h11-13,19-23,27-31,38-39,47,66H,5-10,14-18H2,1-4H3,(H2,48,67)(H,49,56)(H,50,57)(H,51,58)(H,52,74)(H,53,75)(H,54,77)(H,55,76)(H,59,69)(H,60,70)(H,61,78)(H,62,79)(H,63,80)(H,64,68)(H,65,71)(H,72,73)/t27-,28-,29-,30-,31-,38-,39-/m0/s1. The number of aromatic nitrogens is 6. The van der Waals surface area contributed by atoms with Crippen molar-refractivity contribution in [2.45, 2.75) is 102 Å². The van der Waals surface area contributed by atoms with Gasteiger partial charge in [0.25, 0.3) is 0 Å². The van der Waals surface area contributed by atoms with Crippen LogP contribution in [-0.4, -0.2) is 199 Å². The van der Waals surface area contributed by atoms with Gasteiger partial charge in [0.2, 0.25) is 70.9 Å². The molecule has 0 aromatic carbocycles. The number of aliphatic hydroxyl groups is 1. The summed E-state index contributed by atoms with van der Waals surface area (Å²) in [6, 6.07) is -9.82. The number of hydrogen-bond acceptors (Lipinski definition) is 17. The molecule has 34 heteroatoms. The molecule has 80 heavy (non-hydrogen) atoms. The largest absolute Gasteiger partial charge is 0.480 e. The van der Waals surface area contributed by atoms with Gasteiger partial charge in [0.1, 0.15) is 48.8 Å². The number of carboxylic acid groups (broad SMARTS) is 1. The van der Waals surface area contributed by atoms with Crippen molar-refractivity contribution in [2.24, 2.45) is 17.6 Å². The lowest BCUT2D eigenvalue weighted by Crippen LogP contribution is -2.58. The molecule has 3 rings (SSSR count). The highest BCUT2D eigenvalue weighted by Crippen LogP contribution is 2.08. The number of carboxylic acids is 1. The van der Waals surface area contributed by atoms with Gasteiger partial charge in [0.05, 0.1) is 51.8 Å². The van der Waals surface area contributed by atoms with Gasteiger partial charge in [-0.1, -0.05) is 27.7 Å². The number of primary amides is 1. The Balaban J connectivity index is 1.67. The van der Waals surface area contributed by atoms with E-state index in [1.54, 1.807) is 27.7 Å². The zero-order chi connectivity index (χ0) is 59.5. The minimum atomic E-state index is -1.58. The number of nitrogens with two attached hydrogens (primary N) is 1. The Morgan fingerprint density at radius 2 is 0.838 bits per heavy atom. The molecular weight excluding hydrogens is 1060 g/mol. The molecule has 1 radical (unpaired) electrons. The fourth-order valence-electron chi connectivity index (χ4n) is 7.19. The molecule has 0 aliphatic rings. The number of carbonyl (C=O) groups is 13. The fourth-order valence-corrected chi connectivity index (χ4v) is 7.19. The minimum Gasteiger partial charge on any atom is -0.480 e. The molecule has 437 valence electrons. The quantitative estimate of drug-likeness (QED) is 0.0260. The van der Waals surface area contributed by atoms with E-state index in [0.29, 0.717) is 17.1 Å². The molecule has 0 saturated carbocycles. The van der Waals surface area contributed by atoms with E-state index in [0.717, 1.165) is 0 Å². The van der Waals surface area contributed by atoms with Crippen LogP contribution in [0.1, 0.15) is 57.6 Å². The van der Waals surface area contributed by atoms with Gasteiger partial charge in [-0.2, -0.15) is 0 Å². The maximum atomic E-state index is 13.9. The van der Waals surface area contributed by atoms with E-state index < -0.39 is 183 Å². The first-order chi connectivity index (χ1) is 37.9. The van der Waals surface area contributed by atoms with Gasteiger partial charge in [0, 0.05) is 61.4 Å². The highest BCUT2D eigenvalue weighted by Gasteiger charge is 2.33. The van der Waals surface area contributed by atoms with Gasteiger partial charge >= 0.3 is 5.97 Å². The number of carbonyl (C=O) groups excluding carboxylic acids is 12. The monoisotopic (exact) mass is 1130 g/mol. The molecule has 19 N–H and O–H groups in total. The second kappa shape index (κ2) is 33.1. The van der Waals surface area contributed by atoms with Crippen LogP contribution in [0, 0.1) is 11.8 Å². The number of nitrogens with zero attached hydrogens (tertiary/aromatic N) is 3. The predicted molar refractivity (Wildman–Crippen MR) is 273 cm³/mol. The normalized spacial score (nSPS) is 13.6. The van der Waals surface area contributed by atoms with Crippen molar-refractivity contribution in [3.63, 3.8) is 0 Å². The van der Waals surface area contributed by atoms with Gasteiger partial charge in [0.15, 0.2) is 0 Å². The molecule has 34 nitrogen and oxygen atoms in total. The number of imidazole rings is 3. The fraction of sp³-hybridized carbons (Fsp3) is 0.522. The van der Waals surface area contributed by atoms with Crippen molar-refractivity contribution in [3.05, 3.63) is 54.7 Å². The van der Waals surface area contributed by atoms with E-state index in [1.165, 1.54) is 37.6 Å². The summed E-state index contributed by atoms with van der Waals surface area (Å²) in [4.78, 5) is 188. The molecule has 3 aromatic rings. The Labute approximate surface area is 456 Å². The Bertz CT molecular complexity index is 2590. The number of aliphatic hydroxyl groups excluding tert-OH is 1. The van der Waals surface area contributed by atoms with Crippen LogP contribution in [0.5, 0.6) is 0 Å². The number of hydrogen-bond donors (Lipinski definition) is 17. The van der Waals surface area contributed by atoms with Gasteiger partial charge in [-0.15, -0.1) is 0 Å². The maximum absolute atomic E-state index is 13.9. The van der Waals surface area contributed by atoms with E-state index in [2.05, 4.69) is 88.4 Å². The van der Waals surface area contributed by atoms with Crippen molar-refractivity contribution in [3.8, 4) is 0 Å². The average molecular weight is 1130 g/mol. The molecular formula is C46H68N19O15. The van der Waals surface area contributed by atoms with E-state index in [9.17, 15) is 67.4 Å². The minimum absolute atomic E-state index is 0.124. The summed E-state index contributed by atoms with van der Waals surface area (Å²) in [5.74, 6) is -13.3. The van der Waals surface area contributed by atoms with Gasteiger partial charge in [-0.25, -0.2) is 20.7 Å². The summed E-state index contributed by atoms with van der Waals surface area (Å²) in [5, 5.41) is 44.8. The van der Waals surface area contributed by atoms with Crippen LogP contribution < -0.4 is 70.0 Å². The summed E-state index contributed by atoms with van der Waals surface area (Å²) in [6.07, 6.45) is 6.50. The Morgan fingerprint density at radius 1 is 0.487 bits per heavy atom. The topological polar surface area (TPSA) is 531 Å². The molecule has 0 spiro atoms. The van der Waals surface area contributed by atoms with Gasteiger partial charge in [-0.3, -0.25) is 62.3 Å². The zero-order valence-electron chi connectivity index (χ0n) is 44.1. The highest BCUT2D eigenvalue weighted by molar-refractivity contribution is 5.98. The molecule has 0 aliphatic carbocycles. The number of H-pyrrole nitrogens is 3. The molecule has 0 unspecified atom stereocenters. The molecule has 3 heterocycles. The van der Waals surface area contributed by atoms with E-state index in [4.69, 9.17) is 16.6 Å². The summed E-state index contributed by atoms with van der Waals surface area (Å²) in [5.41, 5.74) is 13.6. The van der Waals surface area contributed by atoms with E-state index in [-0.39, 0.29) is 19.3 Å². The van der Waals surface area contributed by atoms with Crippen LogP contribution in [0.2, 0.25) is 0 Å². The van der Waals surface area contributed by atoms with Crippen LogP contribution in [0.3, 0.4) is 0 Å². The van der Waals surface area contributed by atoms with Gasteiger partial charge in [-0.05, 0) is 18.3 Å². The van der Waals surface area contributed by atoms with Crippen molar-refractivity contribution in [2.75, 3.05) is 39.3 Å². The van der Waals surface area contributed by atoms with E-state index >= 15 is 0 Å². The summed E-state index contributed by atoms with van der Waals surface area (Å²) >= 11 is 0. The third-order valence-corrected chi connectivity index (χ3v) is 11.4. The summed E-state index contributed by atoms with van der Waals surface area (Å²) < 4.78 is 0. The van der Waals surface area contributed by atoms with Crippen LogP contribution in [-0.2, 0) is 81.6 Å². The van der Waals surface area contributed by atoms with E-state index in [1.807, 2.05) is 0 Å².